The summed E-state index contributed by atoms with van der Waals surface area (Å²) in [6.07, 6.45) is 1.68. The zero-order chi connectivity index (χ0) is 11.6. The molecule has 1 atom stereocenters. The minimum absolute atomic E-state index is 0.0685. The Morgan fingerprint density at radius 3 is 2.67 bits per heavy atom. The summed E-state index contributed by atoms with van der Waals surface area (Å²) in [6.45, 7) is 7.89. The molecule has 1 amide bonds. The van der Waals surface area contributed by atoms with Crippen LogP contribution in [0, 0.1) is 0 Å². The summed E-state index contributed by atoms with van der Waals surface area (Å²) >= 11 is 3.22. The Morgan fingerprint density at radius 2 is 2.20 bits per heavy atom. The molecule has 15 heavy (non-hydrogen) atoms. The maximum Gasteiger partial charge on any atom is 0.239 e. The van der Waals surface area contributed by atoms with Crippen LogP contribution in [0.25, 0.3) is 0 Å². The first-order valence-corrected chi connectivity index (χ1v) is 5.73. The minimum atomic E-state index is -0.208. The average molecular weight is 274 g/mol. The number of hydrogen-bond donors (Lipinski definition) is 1. The highest BCUT2D eigenvalue weighted by Gasteiger charge is 2.19. The molecule has 0 saturated carbocycles. The third kappa shape index (κ3) is 3.06. The fourth-order valence-electron chi connectivity index (χ4n) is 1.16. The van der Waals surface area contributed by atoms with Gasteiger partial charge in [0.2, 0.25) is 5.91 Å². The van der Waals surface area contributed by atoms with E-state index >= 15 is 0 Å². The average Bonchev–Trinajstić information content (AvgIpc) is 2.50. The summed E-state index contributed by atoms with van der Waals surface area (Å²) in [4.78, 5) is 11.3. The third-order valence-corrected chi connectivity index (χ3v) is 2.31. The zero-order valence-corrected chi connectivity index (χ0v) is 11.0. The molecule has 4 nitrogen and oxygen atoms in total. The zero-order valence-electron chi connectivity index (χ0n) is 9.41. The quantitative estimate of drug-likeness (QED) is 0.841. The molecule has 0 fully saturated rings. The molecule has 0 spiro atoms. The second kappa shape index (κ2) is 4.35. The van der Waals surface area contributed by atoms with Gasteiger partial charge in [0, 0.05) is 6.07 Å². The Labute approximate surface area is 98.2 Å². The topological polar surface area (TPSA) is 46.9 Å². The van der Waals surface area contributed by atoms with Gasteiger partial charge in [0.05, 0.1) is 16.6 Å². The van der Waals surface area contributed by atoms with Crippen molar-refractivity contribution in [1.82, 2.24) is 9.78 Å². The highest BCUT2D eigenvalue weighted by molar-refractivity contribution is 9.10. The predicted molar refractivity (Wildman–Crippen MR) is 64.2 cm³/mol. The molecule has 1 rings (SSSR count). The molecule has 84 valence electrons. The maximum atomic E-state index is 11.5. The van der Waals surface area contributed by atoms with Crippen LogP contribution in [0.5, 0.6) is 0 Å². The van der Waals surface area contributed by atoms with E-state index in [1.54, 1.807) is 23.9 Å². The third-order valence-electron chi connectivity index (χ3n) is 1.89. The van der Waals surface area contributed by atoms with Crippen LogP contribution in [0.15, 0.2) is 12.3 Å². The van der Waals surface area contributed by atoms with Crippen LogP contribution in [0.4, 0.5) is 5.82 Å². The highest BCUT2D eigenvalue weighted by atomic mass is 79.9. The standard InChI is InChI=1S/C10H16BrN3O/c1-7(11)9(15)13-8-5-6-12-14(8)10(2,3)4/h5-7H,1-4H3,(H,13,15)/t7-/m0/s1. The molecule has 0 unspecified atom stereocenters. The van der Waals surface area contributed by atoms with E-state index < -0.39 is 0 Å². The Balaban J connectivity index is 2.88. The van der Waals surface area contributed by atoms with Gasteiger partial charge in [-0.25, -0.2) is 4.68 Å². The normalized spacial score (nSPS) is 13.7. The minimum Gasteiger partial charge on any atom is -0.310 e. The van der Waals surface area contributed by atoms with Gasteiger partial charge in [-0.05, 0) is 27.7 Å². The van der Waals surface area contributed by atoms with Crippen LogP contribution in [0.1, 0.15) is 27.7 Å². The molecule has 1 aromatic heterocycles. The number of nitrogens with zero attached hydrogens (tertiary/aromatic N) is 2. The van der Waals surface area contributed by atoms with Crippen molar-refractivity contribution in [1.29, 1.82) is 0 Å². The van der Waals surface area contributed by atoms with E-state index in [-0.39, 0.29) is 16.3 Å². The van der Waals surface area contributed by atoms with E-state index in [4.69, 9.17) is 0 Å². The van der Waals surface area contributed by atoms with E-state index in [1.807, 2.05) is 20.8 Å². The molecular formula is C10H16BrN3O. The largest absolute Gasteiger partial charge is 0.310 e. The molecule has 0 radical (unpaired) electrons. The van der Waals surface area contributed by atoms with Gasteiger partial charge in [-0.1, -0.05) is 15.9 Å². The van der Waals surface area contributed by atoms with Crippen LogP contribution in [-0.2, 0) is 10.3 Å². The molecule has 0 saturated heterocycles. The van der Waals surface area contributed by atoms with Gasteiger partial charge in [0.15, 0.2) is 0 Å². The van der Waals surface area contributed by atoms with Crippen molar-refractivity contribution in [2.24, 2.45) is 0 Å². The molecular weight excluding hydrogens is 258 g/mol. The number of nitrogens with one attached hydrogen (secondary N) is 1. The Bertz CT molecular complexity index is 352. The van der Waals surface area contributed by atoms with E-state index in [0.29, 0.717) is 0 Å². The maximum absolute atomic E-state index is 11.5. The van der Waals surface area contributed by atoms with Gasteiger partial charge in [-0.3, -0.25) is 4.79 Å². The van der Waals surface area contributed by atoms with Gasteiger partial charge >= 0.3 is 0 Å². The predicted octanol–water partition coefficient (Wildman–Crippen LogP) is 2.36. The number of carbonyl (C=O) groups is 1. The number of amides is 1. The Morgan fingerprint density at radius 1 is 1.60 bits per heavy atom. The summed E-state index contributed by atoms with van der Waals surface area (Å²) in [5, 5.41) is 7.00. The number of anilines is 1. The second-order valence-corrected chi connectivity index (χ2v) is 5.78. The highest BCUT2D eigenvalue weighted by Crippen LogP contribution is 2.19. The van der Waals surface area contributed by atoms with Crippen molar-refractivity contribution < 1.29 is 4.79 Å². The van der Waals surface area contributed by atoms with E-state index in [1.165, 1.54) is 0 Å². The Hall–Kier alpha value is -0.840. The lowest BCUT2D eigenvalue weighted by molar-refractivity contribution is -0.115. The summed E-state index contributed by atoms with van der Waals surface area (Å²) in [5.41, 5.74) is -0.137. The first-order chi connectivity index (χ1) is 6.82. The molecule has 1 N–H and O–H groups in total. The molecule has 1 heterocycles. The fraction of sp³-hybridized carbons (Fsp3) is 0.600. The van der Waals surface area contributed by atoms with Crippen molar-refractivity contribution in [3.8, 4) is 0 Å². The number of hydrogen-bond acceptors (Lipinski definition) is 2. The van der Waals surface area contributed by atoms with Gasteiger partial charge in [-0.15, -0.1) is 0 Å². The molecule has 0 aliphatic heterocycles. The smallest absolute Gasteiger partial charge is 0.239 e. The first-order valence-electron chi connectivity index (χ1n) is 4.82. The summed E-state index contributed by atoms with van der Waals surface area (Å²) in [6, 6.07) is 1.79. The van der Waals surface area contributed by atoms with E-state index in [2.05, 4.69) is 26.3 Å². The van der Waals surface area contributed by atoms with Gasteiger partial charge < -0.3 is 5.32 Å². The second-order valence-electron chi connectivity index (χ2n) is 4.40. The number of carbonyl (C=O) groups excluding carboxylic acids is 1. The van der Waals surface area contributed by atoms with Crippen molar-refractivity contribution in [2.75, 3.05) is 5.32 Å². The summed E-state index contributed by atoms with van der Waals surface area (Å²) < 4.78 is 1.79. The monoisotopic (exact) mass is 273 g/mol. The van der Waals surface area contributed by atoms with Crippen molar-refractivity contribution >= 4 is 27.7 Å². The lowest BCUT2D eigenvalue weighted by atomic mass is 10.1. The van der Waals surface area contributed by atoms with Crippen LogP contribution < -0.4 is 5.32 Å². The number of halogens is 1. The number of alkyl halides is 1. The van der Waals surface area contributed by atoms with Crippen molar-refractivity contribution in [3.63, 3.8) is 0 Å². The SMILES string of the molecule is C[C@H](Br)C(=O)Nc1ccnn1C(C)(C)C. The van der Waals surface area contributed by atoms with E-state index in [9.17, 15) is 4.79 Å². The van der Waals surface area contributed by atoms with Gasteiger partial charge in [0.1, 0.15) is 5.82 Å². The molecule has 0 aliphatic carbocycles. The van der Waals surface area contributed by atoms with Crippen LogP contribution >= 0.6 is 15.9 Å². The van der Waals surface area contributed by atoms with Gasteiger partial charge in [-0.2, -0.15) is 5.10 Å². The van der Waals surface area contributed by atoms with Gasteiger partial charge in [0.25, 0.3) is 0 Å². The summed E-state index contributed by atoms with van der Waals surface area (Å²) in [5.74, 6) is 0.653. The molecule has 0 bridgehead atoms. The van der Waals surface area contributed by atoms with E-state index in [0.717, 1.165) is 5.82 Å². The van der Waals surface area contributed by atoms with Crippen molar-refractivity contribution in [2.45, 2.75) is 38.1 Å². The van der Waals surface area contributed by atoms with Crippen LogP contribution in [0.3, 0.4) is 0 Å². The summed E-state index contributed by atoms with van der Waals surface area (Å²) in [7, 11) is 0. The molecule has 0 aliphatic rings. The molecule has 0 aromatic carbocycles. The number of rotatable bonds is 2. The lowest BCUT2D eigenvalue weighted by Crippen LogP contribution is -2.28. The van der Waals surface area contributed by atoms with Crippen molar-refractivity contribution in [3.05, 3.63) is 12.3 Å². The lowest BCUT2D eigenvalue weighted by Gasteiger charge is -2.22. The molecule has 5 heteroatoms. The molecule has 1 aromatic rings. The number of aromatic nitrogens is 2. The van der Waals surface area contributed by atoms with Crippen LogP contribution in [0.2, 0.25) is 0 Å². The van der Waals surface area contributed by atoms with Crippen LogP contribution in [-0.4, -0.2) is 20.5 Å². The first kappa shape index (κ1) is 12.2. The Kier molecular flexibility index (Phi) is 3.54. The fourth-order valence-corrected chi connectivity index (χ4v) is 1.27.